The zero-order chi connectivity index (χ0) is 20.1. The van der Waals surface area contributed by atoms with Gasteiger partial charge in [0.2, 0.25) is 5.91 Å². The second-order valence-corrected chi connectivity index (χ2v) is 6.99. The van der Waals surface area contributed by atoms with Crippen LogP contribution < -0.4 is 14.8 Å². The highest BCUT2D eigenvalue weighted by Gasteiger charge is 2.28. The number of hydrogen-bond donors (Lipinski definition) is 1. The largest absolute Gasteiger partial charge is 0.497 e. The van der Waals surface area contributed by atoms with Crippen molar-refractivity contribution < 1.29 is 19.1 Å². The predicted octanol–water partition coefficient (Wildman–Crippen LogP) is 3.50. The molecular formula is C22H26N2O4. The second-order valence-electron chi connectivity index (χ2n) is 6.99. The summed E-state index contributed by atoms with van der Waals surface area (Å²) < 4.78 is 10.5. The Labute approximate surface area is 165 Å². The second kappa shape index (κ2) is 8.78. The minimum atomic E-state index is -0.120. The van der Waals surface area contributed by atoms with Gasteiger partial charge in [-0.3, -0.25) is 9.59 Å². The summed E-state index contributed by atoms with van der Waals surface area (Å²) in [6.45, 7) is 3.10. The van der Waals surface area contributed by atoms with Crippen molar-refractivity contribution in [3.05, 3.63) is 53.6 Å². The van der Waals surface area contributed by atoms with Crippen LogP contribution in [0.4, 0.5) is 5.69 Å². The molecule has 0 saturated carbocycles. The van der Waals surface area contributed by atoms with Crippen molar-refractivity contribution in [3.8, 4) is 11.5 Å². The Hall–Kier alpha value is -3.02. The molecule has 2 amide bonds. The van der Waals surface area contributed by atoms with E-state index in [2.05, 4.69) is 5.32 Å². The first-order valence-electron chi connectivity index (χ1n) is 9.40. The van der Waals surface area contributed by atoms with Crippen LogP contribution in [0.3, 0.4) is 0 Å². The van der Waals surface area contributed by atoms with E-state index in [1.54, 1.807) is 43.4 Å². The van der Waals surface area contributed by atoms with E-state index in [9.17, 15) is 9.59 Å². The number of nitrogens with zero attached hydrogens (tertiary/aromatic N) is 1. The summed E-state index contributed by atoms with van der Waals surface area (Å²) >= 11 is 0. The third-order valence-electron chi connectivity index (χ3n) is 5.10. The van der Waals surface area contributed by atoms with Gasteiger partial charge in [0.15, 0.2) is 0 Å². The predicted molar refractivity (Wildman–Crippen MR) is 108 cm³/mol. The Balaban J connectivity index is 1.58. The summed E-state index contributed by atoms with van der Waals surface area (Å²) in [5.74, 6) is 1.21. The van der Waals surface area contributed by atoms with Crippen molar-refractivity contribution in [2.75, 3.05) is 32.6 Å². The van der Waals surface area contributed by atoms with Gasteiger partial charge in [0.05, 0.1) is 19.9 Å². The van der Waals surface area contributed by atoms with Crippen LogP contribution >= 0.6 is 0 Å². The van der Waals surface area contributed by atoms with E-state index >= 15 is 0 Å². The normalized spacial score (nSPS) is 14.5. The number of aryl methyl sites for hydroxylation is 1. The van der Waals surface area contributed by atoms with Crippen molar-refractivity contribution in [2.45, 2.75) is 19.8 Å². The molecule has 1 aliphatic heterocycles. The monoisotopic (exact) mass is 382 g/mol. The Morgan fingerprint density at radius 1 is 1.00 bits per heavy atom. The number of rotatable bonds is 5. The topological polar surface area (TPSA) is 67.9 Å². The molecule has 0 atom stereocenters. The molecule has 3 rings (SSSR count). The molecule has 0 bridgehead atoms. The van der Waals surface area contributed by atoms with Gasteiger partial charge in [0.1, 0.15) is 11.5 Å². The quantitative estimate of drug-likeness (QED) is 0.859. The highest BCUT2D eigenvalue weighted by Crippen LogP contribution is 2.27. The molecule has 0 radical (unpaired) electrons. The number of nitrogens with one attached hydrogen (secondary N) is 1. The third-order valence-corrected chi connectivity index (χ3v) is 5.10. The van der Waals surface area contributed by atoms with Gasteiger partial charge in [-0.15, -0.1) is 0 Å². The van der Waals surface area contributed by atoms with E-state index in [1.807, 2.05) is 25.1 Å². The van der Waals surface area contributed by atoms with Gasteiger partial charge < -0.3 is 19.7 Å². The fourth-order valence-corrected chi connectivity index (χ4v) is 3.42. The number of benzene rings is 2. The molecule has 28 heavy (non-hydrogen) atoms. The van der Waals surface area contributed by atoms with Crippen molar-refractivity contribution in [1.82, 2.24) is 4.90 Å². The van der Waals surface area contributed by atoms with Crippen LogP contribution in [0.2, 0.25) is 0 Å². The molecule has 6 nitrogen and oxygen atoms in total. The zero-order valence-electron chi connectivity index (χ0n) is 16.5. The van der Waals surface area contributed by atoms with Crippen LogP contribution in [-0.4, -0.2) is 44.0 Å². The Morgan fingerprint density at radius 3 is 2.29 bits per heavy atom. The van der Waals surface area contributed by atoms with Gasteiger partial charge in [0.25, 0.3) is 5.91 Å². The van der Waals surface area contributed by atoms with E-state index in [1.165, 1.54) is 0 Å². The Bertz CT molecular complexity index is 840. The van der Waals surface area contributed by atoms with Crippen molar-refractivity contribution in [3.63, 3.8) is 0 Å². The average Bonchev–Trinajstić information content (AvgIpc) is 2.73. The van der Waals surface area contributed by atoms with Crippen molar-refractivity contribution in [1.29, 1.82) is 0 Å². The maximum absolute atomic E-state index is 12.7. The molecule has 1 saturated heterocycles. The maximum atomic E-state index is 12.7. The van der Waals surface area contributed by atoms with Crippen molar-refractivity contribution in [2.24, 2.45) is 5.92 Å². The van der Waals surface area contributed by atoms with Gasteiger partial charge in [-0.05, 0) is 61.7 Å². The van der Waals surface area contributed by atoms with Crippen LogP contribution in [-0.2, 0) is 4.79 Å². The van der Waals surface area contributed by atoms with E-state index < -0.39 is 0 Å². The van der Waals surface area contributed by atoms with Crippen LogP contribution in [0.1, 0.15) is 28.8 Å². The van der Waals surface area contributed by atoms with Gasteiger partial charge in [0, 0.05) is 24.6 Å². The number of piperidine rings is 1. The molecule has 1 fully saturated rings. The molecule has 2 aromatic rings. The number of hydrogen-bond acceptors (Lipinski definition) is 4. The van der Waals surface area contributed by atoms with Crippen molar-refractivity contribution >= 4 is 17.5 Å². The van der Waals surface area contributed by atoms with E-state index in [-0.39, 0.29) is 17.7 Å². The number of amides is 2. The average molecular weight is 382 g/mol. The molecule has 148 valence electrons. The fraction of sp³-hybridized carbons (Fsp3) is 0.364. The number of methoxy groups -OCH3 is 2. The molecular weight excluding hydrogens is 356 g/mol. The zero-order valence-corrected chi connectivity index (χ0v) is 16.5. The first-order chi connectivity index (χ1) is 13.5. The lowest BCUT2D eigenvalue weighted by molar-refractivity contribution is -0.121. The highest BCUT2D eigenvalue weighted by atomic mass is 16.5. The number of carbonyl (C=O) groups is 2. The minimum absolute atomic E-state index is 0.0122. The molecule has 0 unspecified atom stereocenters. The van der Waals surface area contributed by atoms with Crippen LogP contribution in [0.5, 0.6) is 11.5 Å². The van der Waals surface area contributed by atoms with E-state index in [0.29, 0.717) is 42.9 Å². The summed E-state index contributed by atoms with van der Waals surface area (Å²) in [4.78, 5) is 27.1. The minimum Gasteiger partial charge on any atom is -0.497 e. The lowest BCUT2D eigenvalue weighted by Crippen LogP contribution is -2.41. The third kappa shape index (κ3) is 4.44. The maximum Gasteiger partial charge on any atom is 0.253 e. The highest BCUT2D eigenvalue weighted by molar-refractivity contribution is 5.96. The Kier molecular flexibility index (Phi) is 6.19. The van der Waals surface area contributed by atoms with Gasteiger partial charge in [-0.2, -0.15) is 0 Å². The smallest absolute Gasteiger partial charge is 0.253 e. The summed E-state index contributed by atoms with van der Waals surface area (Å²) in [5, 5.41) is 2.98. The van der Waals surface area contributed by atoms with Gasteiger partial charge in [-0.25, -0.2) is 0 Å². The van der Waals surface area contributed by atoms with Gasteiger partial charge in [-0.1, -0.05) is 6.07 Å². The fourth-order valence-electron chi connectivity index (χ4n) is 3.42. The van der Waals surface area contributed by atoms with Gasteiger partial charge >= 0.3 is 0 Å². The summed E-state index contributed by atoms with van der Waals surface area (Å²) in [6, 6.07) is 12.8. The molecule has 0 aromatic heterocycles. The first-order valence-corrected chi connectivity index (χ1v) is 9.40. The summed E-state index contributed by atoms with van der Waals surface area (Å²) in [6.07, 6.45) is 1.28. The van der Waals surface area contributed by atoms with Crippen LogP contribution in [0, 0.1) is 12.8 Å². The standard InChI is InChI=1S/C22H26N2O4/c1-15-4-9-20(28-3)19(14-15)23-21(25)16-10-12-24(13-11-16)22(26)17-5-7-18(27-2)8-6-17/h4-9,14,16H,10-13H2,1-3H3,(H,23,25). The van der Waals surface area contributed by atoms with E-state index in [4.69, 9.17) is 9.47 Å². The lowest BCUT2D eigenvalue weighted by atomic mass is 9.95. The molecule has 1 aliphatic rings. The van der Waals surface area contributed by atoms with Crippen LogP contribution in [0.15, 0.2) is 42.5 Å². The summed E-state index contributed by atoms with van der Waals surface area (Å²) in [5.41, 5.74) is 2.37. The van der Waals surface area contributed by atoms with Crippen LogP contribution in [0.25, 0.3) is 0 Å². The van der Waals surface area contributed by atoms with E-state index in [0.717, 1.165) is 11.3 Å². The lowest BCUT2D eigenvalue weighted by Gasteiger charge is -2.31. The first kappa shape index (κ1) is 19.7. The SMILES string of the molecule is COc1ccc(C(=O)N2CCC(C(=O)Nc3cc(C)ccc3OC)CC2)cc1. The molecule has 6 heteroatoms. The molecule has 1 N–H and O–H groups in total. The molecule has 1 heterocycles. The Morgan fingerprint density at radius 2 is 1.68 bits per heavy atom. The number of likely N-dealkylation sites (tertiary alicyclic amines) is 1. The number of ether oxygens (including phenoxy) is 2. The molecule has 0 spiro atoms. The molecule has 0 aliphatic carbocycles. The number of carbonyl (C=O) groups excluding carboxylic acids is 2. The summed E-state index contributed by atoms with van der Waals surface area (Å²) in [7, 11) is 3.18. The number of anilines is 1. The molecule has 2 aromatic carbocycles.